The standard InChI is InChI=1S/C33H24ClIN4O3/c34-25-11-5-6-12-26(25)39-31(41)29-28-21-7-1-3-9-23(21)33(30(29)32(39)42,24-10-4-2-8-22(24)28)18-37-38-27(40)17-36-20-15-13-19(35)14-16-20/h1-16,18,28-30,36H,17H2,(H,38,40)/b37-18-/t28?,29-,30-,33?/m0/s1. The molecule has 2 N–H and O–H groups in total. The Morgan fingerprint density at radius 3 is 2.17 bits per heavy atom. The lowest BCUT2D eigenvalue weighted by atomic mass is 9.47. The summed E-state index contributed by atoms with van der Waals surface area (Å²) in [7, 11) is 0. The van der Waals surface area contributed by atoms with Gasteiger partial charge in [-0.3, -0.25) is 14.4 Å². The molecule has 3 amide bonds. The predicted octanol–water partition coefficient (Wildman–Crippen LogP) is 5.71. The van der Waals surface area contributed by atoms with E-state index in [4.69, 9.17) is 11.6 Å². The first kappa shape index (κ1) is 26.9. The normalized spacial score (nSPS) is 23.5. The monoisotopic (exact) mass is 686 g/mol. The number of halogens is 2. The first-order chi connectivity index (χ1) is 20.4. The molecule has 0 radical (unpaired) electrons. The first-order valence-corrected chi connectivity index (χ1v) is 15.0. The Bertz CT molecular complexity index is 1740. The molecule has 3 aliphatic carbocycles. The molecule has 2 bridgehead atoms. The molecule has 7 nitrogen and oxygen atoms in total. The van der Waals surface area contributed by atoms with Crippen LogP contribution in [0.2, 0.25) is 5.02 Å². The van der Waals surface area contributed by atoms with Gasteiger partial charge in [0, 0.05) is 21.4 Å². The number of benzene rings is 4. The lowest BCUT2D eigenvalue weighted by Crippen LogP contribution is -2.54. The molecular formula is C33H24ClIN4O3. The summed E-state index contributed by atoms with van der Waals surface area (Å²) >= 11 is 8.73. The van der Waals surface area contributed by atoms with E-state index in [0.717, 1.165) is 31.5 Å². The van der Waals surface area contributed by atoms with Gasteiger partial charge in [0.2, 0.25) is 11.8 Å². The van der Waals surface area contributed by atoms with Crippen LogP contribution in [0, 0.1) is 15.4 Å². The Hall–Kier alpha value is -4.02. The maximum Gasteiger partial charge on any atom is 0.259 e. The third-order valence-electron chi connectivity index (χ3n) is 8.53. The van der Waals surface area contributed by atoms with E-state index in [1.165, 1.54) is 4.90 Å². The van der Waals surface area contributed by atoms with Gasteiger partial charge in [-0.1, -0.05) is 72.3 Å². The number of carbonyl (C=O) groups excluding carboxylic acids is 3. The van der Waals surface area contributed by atoms with Gasteiger partial charge in [-0.25, -0.2) is 10.3 Å². The van der Waals surface area contributed by atoms with Crippen molar-refractivity contribution >= 4 is 69.5 Å². The van der Waals surface area contributed by atoms with Gasteiger partial charge in [0.1, 0.15) is 0 Å². The number of carbonyl (C=O) groups is 3. The van der Waals surface area contributed by atoms with E-state index in [-0.39, 0.29) is 30.2 Å². The molecular weight excluding hydrogens is 663 g/mol. The smallest absolute Gasteiger partial charge is 0.259 e. The average molecular weight is 687 g/mol. The highest BCUT2D eigenvalue weighted by atomic mass is 127. The number of hydrogen-bond donors (Lipinski definition) is 2. The Morgan fingerprint density at radius 2 is 1.50 bits per heavy atom. The van der Waals surface area contributed by atoms with Gasteiger partial charge in [0.15, 0.2) is 0 Å². The lowest BCUT2D eigenvalue weighted by Gasteiger charge is -2.52. The van der Waals surface area contributed by atoms with Crippen LogP contribution in [0.4, 0.5) is 11.4 Å². The highest BCUT2D eigenvalue weighted by Gasteiger charge is 2.68. The van der Waals surface area contributed by atoms with Crippen molar-refractivity contribution in [3.8, 4) is 0 Å². The van der Waals surface area contributed by atoms with Crippen LogP contribution in [0.5, 0.6) is 0 Å². The minimum atomic E-state index is -1.08. The molecule has 42 heavy (non-hydrogen) atoms. The molecule has 2 atom stereocenters. The molecule has 0 spiro atoms. The maximum absolute atomic E-state index is 14.4. The van der Waals surface area contributed by atoms with E-state index in [1.807, 2.05) is 72.8 Å². The third kappa shape index (κ3) is 3.99. The molecule has 0 saturated carbocycles. The molecule has 4 aromatic rings. The SMILES string of the molecule is O=C(CNc1ccc(I)cc1)N/N=C\C12c3ccccc3C(c3ccccc31)[C@@H]1C(=O)N(c3ccccc3Cl)C(=O)[C@H]12. The van der Waals surface area contributed by atoms with Crippen LogP contribution in [0.15, 0.2) is 102 Å². The van der Waals surface area contributed by atoms with Crippen molar-refractivity contribution in [3.05, 3.63) is 128 Å². The molecule has 9 heteroatoms. The highest BCUT2D eigenvalue weighted by molar-refractivity contribution is 14.1. The van der Waals surface area contributed by atoms with Gasteiger partial charge >= 0.3 is 0 Å². The van der Waals surface area contributed by atoms with Crippen LogP contribution in [0.25, 0.3) is 0 Å². The number of nitrogens with zero attached hydrogens (tertiary/aromatic N) is 2. The van der Waals surface area contributed by atoms with E-state index in [9.17, 15) is 14.4 Å². The number of para-hydroxylation sites is 1. The predicted molar refractivity (Wildman–Crippen MR) is 171 cm³/mol. The van der Waals surface area contributed by atoms with E-state index in [2.05, 4.69) is 38.4 Å². The zero-order chi connectivity index (χ0) is 29.0. The van der Waals surface area contributed by atoms with Crippen molar-refractivity contribution in [2.24, 2.45) is 16.9 Å². The Labute approximate surface area is 261 Å². The summed E-state index contributed by atoms with van der Waals surface area (Å²) < 4.78 is 1.10. The van der Waals surface area contributed by atoms with Gasteiger partial charge in [-0.15, -0.1) is 0 Å². The molecule has 0 unspecified atom stereocenters. The molecule has 4 aromatic carbocycles. The van der Waals surface area contributed by atoms with Gasteiger partial charge in [-0.05, 0) is 81.2 Å². The van der Waals surface area contributed by atoms with Crippen molar-refractivity contribution < 1.29 is 14.4 Å². The summed E-state index contributed by atoms with van der Waals surface area (Å²) in [5.41, 5.74) is 6.54. The van der Waals surface area contributed by atoms with Crippen molar-refractivity contribution in [2.45, 2.75) is 11.3 Å². The van der Waals surface area contributed by atoms with Crippen molar-refractivity contribution in [1.82, 2.24) is 5.43 Å². The molecule has 1 aliphatic heterocycles. The largest absolute Gasteiger partial charge is 0.376 e. The third-order valence-corrected chi connectivity index (χ3v) is 9.57. The molecule has 0 aromatic heterocycles. The van der Waals surface area contributed by atoms with Crippen molar-refractivity contribution in [2.75, 3.05) is 16.8 Å². The minimum Gasteiger partial charge on any atom is -0.376 e. The maximum atomic E-state index is 14.4. The number of nitrogens with one attached hydrogen (secondary N) is 2. The molecule has 208 valence electrons. The van der Waals surface area contributed by atoms with Gasteiger partial charge in [0.05, 0.1) is 34.5 Å². The topological polar surface area (TPSA) is 90.9 Å². The van der Waals surface area contributed by atoms with E-state index >= 15 is 0 Å². The molecule has 8 rings (SSSR count). The van der Waals surface area contributed by atoms with Gasteiger partial charge in [0.25, 0.3) is 5.91 Å². The van der Waals surface area contributed by atoms with Crippen LogP contribution in [-0.2, 0) is 19.8 Å². The number of imide groups is 1. The Kier molecular flexibility index (Phi) is 6.62. The summed E-state index contributed by atoms with van der Waals surface area (Å²) in [5, 5.41) is 7.87. The van der Waals surface area contributed by atoms with Crippen LogP contribution >= 0.6 is 34.2 Å². The van der Waals surface area contributed by atoms with Crippen LogP contribution < -0.4 is 15.6 Å². The fourth-order valence-corrected chi connectivity index (χ4v) is 7.50. The number of hydrazone groups is 1. The Morgan fingerprint density at radius 1 is 0.881 bits per heavy atom. The zero-order valence-electron chi connectivity index (χ0n) is 22.1. The lowest BCUT2D eigenvalue weighted by molar-refractivity contribution is -0.122. The summed E-state index contributed by atoms with van der Waals surface area (Å²) in [6.45, 7) is 0.0178. The van der Waals surface area contributed by atoms with Crippen LogP contribution in [-0.4, -0.2) is 30.5 Å². The van der Waals surface area contributed by atoms with E-state index in [0.29, 0.717) is 10.7 Å². The van der Waals surface area contributed by atoms with E-state index < -0.39 is 17.3 Å². The second kappa shape index (κ2) is 10.4. The fraction of sp³-hybridized carbons (Fsp3) is 0.152. The fourth-order valence-electron chi connectivity index (χ4n) is 6.92. The number of anilines is 2. The van der Waals surface area contributed by atoms with Crippen molar-refractivity contribution in [3.63, 3.8) is 0 Å². The summed E-state index contributed by atoms with van der Waals surface area (Å²) in [6, 6.07) is 30.4. The number of rotatable bonds is 6. The molecule has 4 aliphatic rings. The molecule has 1 saturated heterocycles. The molecule has 1 heterocycles. The van der Waals surface area contributed by atoms with E-state index in [1.54, 1.807) is 30.5 Å². The first-order valence-electron chi connectivity index (χ1n) is 13.6. The van der Waals surface area contributed by atoms with Gasteiger partial charge in [-0.2, -0.15) is 5.10 Å². The summed E-state index contributed by atoms with van der Waals surface area (Å²) in [4.78, 5) is 42.6. The van der Waals surface area contributed by atoms with Crippen LogP contribution in [0.3, 0.4) is 0 Å². The van der Waals surface area contributed by atoms with Gasteiger partial charge < -0.3 is 5.32 Å². The Balaban J connectivity index is 1.30. The summed E-state index contributed by atoms with van der Waals surface area (Å²) in [6.07, 6.45) is 1.65. The number of hydrogen-bond acceptors (Lipinski definition) is 5. The zero-order valence-corrected chi connectivity index (χ0v) is 25.0. The number of amides is 3. The second-order valence-electron chi connectivity index (χ2n) is 10.6. The highest BCUT2D eigenvalue weighted by Crippen LogP contribution is 2.63. The van der Waals surface area contributed by atoms with Crippen molar-refractivity contribution in [1.29, 1.82) is 0 Å². The van der Waals surface area contributed by atoms with Crippen LogP contribution in [0.1, 0.15) is 28.2 Å². The minimum absolute atomic E-state index is 0.0178. The average Bonchev–Trinajstić information content (AvgIpc) is 3.28. The second-order valence-corrected chi connectivity index (χ2v) is 12.3. The molecule has 1 fully saturated rings. The summed E-state index contributed by atoms with van der Waals surface area (Å²) in [5.74, 6) is -2.66. The quantitative estimate of drug-likeness (QED) is 0.118.